The molecule has 2 aromatic rings. The van der Waals surface area contributed by atoms with E-state index in [-0.39, 0.29) is 23.9 Å². The van der Waals surface area contributed by atoms with Crippen LogP contribution in [0.2, 0.25) is 0 Å². The number of imide groups is 1. The molecule has 162 valence electrons. The van der Waals surface area contributed by atoms with Gasteiger partial charge in [-0.1, -0.05) is 12.1 Å². The molecule has 7 heteroatoms. The number of carbonyl (C=O) groups is 3. The smallest absolute Gasteiger partial charge is 0.410 e. The van der Waals surface area contributed by atoms with E-state index in [1.165, 1.54) is 4.90 Å². The SMILES string of the molecule is CC(C)(C)OC(=O)N1CCCC1COc1ccc(N2C(=O)c3ccccc3C2=O)cc1. The van der Waals surface area contributed by atoms with Crippen LogP contribution in [0, 0.1) is 0 Å². The Hall–Kier alpha value is -3.35. The molecular formula is C24H26N2O5. The van der Waals surface area contributed by atoms with Crippen molar-refractivity contribution in [2.75, 3.05) is 18.1 Å². The Balaban J connectivity index is 1.39. The molecule has 2 aromatic carbocycles. The number of anilines is 1. The standard InChI is InChI=1S/C24H26N2O5/c1-24(2,3)31-23(29)25-14-6-7-17(25)15-30-18-12-10-16(11-13-18)26-21(27)19-8-4-5-9-20(19)22(26)28/h4-5,8-13,17H,6-7,14-15H2,1-3H3. The molecule has 0 aromatic heterocycles. The monoisotopic (exact) mass is 422 g/mol. The summed E-state index contributed by atoms with van der Waals surface area (Å²) >= 11 is 0. The lowest BCUT2D eigenvalue weighted by Gasteiger charge is -2.28. The van der Waals surface area contributed by atoms with Gasteiger partial charge in [-0.25, -0.2) is 9.69 Å². The van der Waals surface area contributed by atoms with Crippen LogP contribution in [0.5, 0.6) is 5.75 Å². The van der Waals surface area contributed by atoms with Crippen molar-refractivity contribution in [3.05, 3.63) is 59.7 Å². The molecule has 1 fully saturated rings. The second-order valence-corrected chi connectivity index (χ2v) is 8.77. The fourth-order valence-electron chi connectivity index (χ4n) is 3.88. The highest BCUT2D eigenvalue weighted by molar-refractivity contribution is 6.34. The zero-order valence-corrected chi connectivity index (χ0v) is 18.0. The summed E-state index contributed by atoms with van der Waals surface area (Å²) < 4.78 is 11.4. The third-order valence-electron chi connectivity index (χ3n) is 5.34. The van der Waals surface area contributed by atoms with Crippen LogP contribution in [0.15, 0.2) is 48.5 Å². The van der Waals surface area contributed by atoms with Gasteiger partial charge in [0.05, 0.1) is 22.9 Å². The van der Waals surface area contributed by atoms with E-state index in [4.69, 9.17) is 9.47 Å². The van der Waals surface area contributed by atoms with Crippen molar-refractivity contribution in [3.8, 4) is 5.75 Å². The Kier molecular flexibility index (Phi) is 5.43. The van der Waals surface area contributed by atoms with Gasteiger partial charge in [0, 0.05) is 6.54 Å². The summed E-state index contributed by atoms with van der Waals surface area (Å²) in [5.74, 6) is -0.0437. The van der Waals surface area contributed by atoms with Crippen molar-refractivity contribution in [1.29, 1.82) is 0 Å². The number of fused-ring (bicyclic) bond motifs is 1. The summed E-state index contributed by atoms with van der Waals surface area (Å²) in [6.45, 7) is 6.56. The van der Waals surface area contributed by atoms with Gasteiger partial charge in [0.15, 0.2) is 0 Å². The van der Waals surface area contributed by atoms with Gasteiger partial charge in [-0.05, 0) is 70.0 Å². The van der Waals surface area contributed by atoms with Gasteiger partial charge in [0.1, 0.15) is 18.0 Å². The highest BCUT2D eigenvalue weighted by atomic mass is 16.6. The van der Waals surface area contributed by atoms with Crippen molar-refractivity contribution in [1.82, 2.24) is 4.90 Å². The van der Waals surface area contributed by atoms with Crippen LogP contribution in [0.25, 0.3) is 0 Å². The second kappa shape index (κ2) is 8.06. The van der Waals surface area contributed by atoms with Crippen molar-refractivity contribution >= 4 is 23.6 Å². The van der Waals surface area contributed by atoms with Crippen LogP contribution in [-0.2, 0) is 4.74 Å². The van der Waals surface area contributed by atoms with Gasteiger partial charge >= 0.3 is 6.09 Å². The van der Waals surface area contributed by atoms with Gasteiger partial charge in [0.2, 0.25) is 0 Å². The molecule has 7 nitrogen and oxygen atoms in total. The number of hydrogen-bond acceptors (Lipinski definition) is 5. The molecule has 31 heavy (non-hydrogen) atoms. The predicted octanol–water partition coefficient (Wildman–Crippen LogP) is 4.27. The summed E-state index contributed by atoms with van der Waals surface area (Å²) in [6.07, 6.45) is 1.44. The van der Waals surface area contributed by atoms with E-state index in [9.17, 15) is 14.4 Å². The minimum absolute atomic E-state index is 0.0502. The fourth-order valence-corrected chi connectivity index (χ4v) is 3.88. The van der Waals surface area contributed by atoms with Crippen LogP contribution in [-0.4, -0.2) is 47.6 Å². The Morgan fingerprint density at radius 1 is 1.00 bits per heavy atom. The quantitative estimate of drug-likeness (QED) is 0.688. The predicted molar refractivity (Wildman–Crippen MR) is 115 cm³/mol. The average molecular weight is 422 g/mol. The summed E-state index contributed by atoms with van der Waals surface area (Å²) in [4.78, 5) is 40.5. The van der Waals surface area contributed by atoms with Gasteiger partial charge in [-0.15, -0.1) is 0 Å². The first kappa shape index (κ1) is 20.9. The molecule has 1 saturated heterocycles. The first-order valence-corrected chi connectivity index (χ1v) is 10.4. The van der Waals surface area contributed by atoms with E-state index in [1.807, 2.05) is 20.8 Å². The molecule has 0 radical (unpaired) electrons. The van der Waals surface area contributed by atoms with Crippen LogP contribution in [0.1, 0.15) is 54.3 Å². The number of rotatable bonds is 4. The number of carbonyl (C=O) groups excluding carboxylic acids is 3. The topological polar surface area (TPSA) is 76.2 Å². The molecule has 2 aliphatic heterocycles. The maximum Gasteiger partial charge on any atom is 0.410 e. The van der Waals surface area contributed by atoms with Gasteiger partial charge in [-0.3, -0.25) is 9.59 Å². The number of ether oxygens (including phenoxy) is 2. The third-order valence-corrected chi connectivity index (χ3v) is 5.34. The van der Waals surface area contributed by atoms with Crippen molar-refractivity contribution < 1.29 is 23.9 Å². The minimum atomic E-state index is -0.537. The molecule has 0 aliphatic carbocycles. The zero-order valence-electron chi connectivity index (χ0n) is 18.0. The Morgan fingerprint density at radius 2 is 1.61 bits per heavy atom. The first-order chi connectivity index (χ1) is 14.7. The molecular weight excluding hydrogens is 396 g/mol. The fraction of sp³-hybridized carbons (Fsp3) is 0.375. The molecule has 0 saturated carbocycles. The maximum absolute atomic E-state index is 12.6. The average Bonchev–Trinajstić information content (AvgIpc) is 3.29. The minimum Gasteiger partial charge on any atom is -0.491 e. The molecule has 0 N–H and O–H groups in total. The van der Waals surface area contributed by atoms with Gasteiger partial charge in [-0.2, -0.15) is 0 Å². The molecule has 2 aliphatic rings. The largest absolute Gasteiger partial charge is 0.491 e. The number of benzene rings is 2. The molecule has 4 rings (SSSR count). The van der Waals surface area contributed by atoms with E-state index in [1.54, 1.807) is 53.4 Å². The lowest BCUT2D eigenvalue weighted by Crippen LogP contribution is -2.42. The van der Waals surface area contributed by atoms with Crippen LogP contribution >= 0.6 is 0 Å². The van der Waals surface area contributed by atoms with Crippen molar-refractivity contribution in [3.63, 3.8) is 0 Å². The molecule has 3 amide bonds. The first-order valence-electron chi connectivity index (χ1n) is 10.4. The van der Waals surface area contributed by atoms with Crippen LogP contribution in [0.4, 0.5) is 10.5 Å². The molecule has 0 spiro atoms. The van der Waals surface area contributed by atoms with E-state index < -0.39 is 5.60 Å². The number of hydrogen-bond donors (Lipinski definition) is 0. The van der Waals surface area contributed by atoms with E-state index >= 15 is 0 Å². The normalized spacial score (nSPS) is 18.4. The number of amides is 3. The Labute approximate surface area is 181 Å². The van der Waals surface area contributed by atoms with Crippen LogP contribution in [0.3, 0.4) is 0 Å². The summed E-state index contributed by atoms with van der Waals surface area (Å²) in [5, 5.41) is 0. The summed E-state index contributed by atoms with van der Waals surface area (Å²) in [5.41, 5.74) is 0.785. The Bertz CT molecular complexity index is 974. The lowest BCUT2D eigenvalue weighted by molar-refractivity contribution is 0.0187. The Morgan fingerprint density at radius 3 is 2.19 bits per heavy atom. The van der Waals surface area contributed by atoms with Crippen molar-refractivity contribution in [2.45, 2.75) is 45.3 Å². The zero-order chi connectivity index (χ0) is 22.2. The highest BCUT2D eigenvalue weighted by Crippen LogP contribution is 2.30. The second-order valence-electron chi connectivity index (χ2n) is 8.77. The third kappa shape index (κ3) is 4.26. The number of likely N-dealkylation sites (tertiary alicyclic amines) is 1. The summed E-state index contributed by atoms with van der Waals surface area (Å²) in [6, 6.07) is 13.6. The van der Waals surface area contributed by atoms with Gasteiger partial charge in [0.25, 0.3) is 11.8 Å². The van der Waals surface area contributed by atoms with Crippen molar-refractivity contribution in [2.24, 2.45) is 0 Å². The molecule has 1 unspecified atom stereocenters. The van der Waals surface area contributed by atoms with E-state index in [2.05, 4.69) is 0 Å². The lowest BCUT2D eigenvalue weighted by atomic mass is 10.1. The van der Waals surface area contributed by atoms with Crippen LogP contribution < -0.4 is 9.64 Å². The molecule has 2 heterocycles. The summed E-state index contributed by atoms with van der Waals surface area (Å²) in [7, 11) is 0. The molecule has 1 atom stereocenters. The number of nitrogens with zero attached hydrogens (tertiary/aromatic N) is 2. The van der Waals surface area contributed by atoms with E-state index in [0.29, 0.717) is 35.7 Å². The maximum atomic E-state index is 12.6. The van der Waals surface area contributed by atoms with Gasteiger partial charge < -0.3 is 14.4 Å². The van der Waals surface area contributed by atoms with E-state index in [0.717, 1.165) is 12.8 Å². The molecule has 0 bridgehead atoms. The highest BCUT2D eigenvalue weighted by Gasteiger charge is 2.36.